The predicted octanol–water partition coefficient (Wildman–Crippen LogP) is 2.65. The summed E-state index contributed by atoms with van der Waals surface area (Å²) in [6, 6.07) is 9.14. The van der Waals surface area contributed by atoms with Crippen LogP contribution in [0.25, 0.3) is 0 Å². The molecule has 0 radical (unpaired) electrons. The second-order valence-corrected chi connectivity index (χ2v) is 6.92. The molecule has 2 aromatic carbocycles. The highest BCUT2D eigenvalue weighted by molar-refractivity contribution is 7.89. The maximum atomic E-state index is 12.5. The van der Waals surface area contributed by atoms with Crippen molar-refractivity contribution in [3.05, 3.63) is 58.1 Å². The Labute approximate surface area is 145 Å². The average molecular weight is 366 g/mol. The van der Waals surface area contributed by atoms with Crippen molar-refractivity contribution >= 4 is 15.7 Å². The first-order valence-corrected chi connectivity index (χ1v) is 8.75. The van der Waals surface area contributed by atoms with Gasteiger partial charge in [0.1, 0.15) is 11.5 Å². The topological polar surface area (TPSA) is 108 Å². The number of hydrogen-bond acceptors (Lipinski definition) is 6. The molecule has 2 aromatic rings. The molecule has 25 heavy (non-hydrogen) atoms. The maximum Gasteiger partial charge on any atom is 0.269 e. The zero-order valence-corrected chi connectivity index (χ0v) is 14.7. The summed E-state index contributed by atoms with van der Waals surface area (Å²) >= 11 is 0. The van der Waals surface area contributed by atoms with Crippen molar-refractivity contribution in [2.75, 3.05) is 14.2 Å². The van der Waals surface area contributed by atoms with E-state index in [1.165, 1.54) is 26.4 Å². The first-order valence-electron chi connectivity index (χ1n) is 7.27. The van der Waals surface area contributed by atoms with Crippen LogP contribution in [0.1, 0.15) is 18.5 Å². The van der Waals surface area contributed by atoms with Crippen LogP contribution in [0.3, 0.4) is 0 Å². The Kier molecular flexibility index (Phi) is 5.60. The van der Waals surface area contributed by atoms with Crippen molar-refractivity contribution in [2.24, 2.45) is 0 Å². The van der Waals surface area contributed by atoms with Gasteiger partial charge in [0, 0.05) is 23.7 Å². The minimum atomic E-state index is -3.86. The molecular weight excluding hydrogens is 348 g/mol. The summed E-state index contributed by atoms with van der Waals surface area (Å²) in [5, 5.41) is 10.7. The van der Waals surface area contributed by atoms with Crippen molar-refractivity contribution < 1.29 is 22.8 Å². The minimum Gasteiger partial charge on any atom is -0.497 e. The molecule has 9 heteroatoms. The van der Waals surface area contributed by atoms with Gasteiger partial charge in [0.05, 0.1) is 24.0 Å². The van der Waals surface area contributed by atoms with Crippen LogP contribution in [0.5, 0.6) is 11.5 Å². The van der Waals surface area contributed by atoms with Gasteiger partial charge in [0.2, 0.25) is 10.0 Å². The summed E-state index contributed by atoms with van der Waals surface area (Å²) in [5.41, 5.74) is 0.425. The first kappa shape index (κ1) is 18.7. The molecule has 0 fully saturated rings. The van der Waals surface area contributed by atoms with Crippen molar-refractivity contribution in [1.29, 1.82) is 0 Å². The van der Waals surface area contributed by atoms with Crippen LogP contribution in [0.4, 0.5) is 5.69 Å². The number of hydrogen-bond donors (Lipinski definition) is 1. The average Bonchev–Trinajstić information content (AvgIpc) is 2.60. The molecule has 0 saturated carbocycles. The van der Waals surface area contributed by atoms with Gasteiger partial charge in [-0.25, -0.2) is 13.1 Å². The van der Waals surface area contributed by atoms with Crippen LogP contribution in [0, 0.1) is 10.1 Å². The van der Waals surface area contributed by atoms with E-state index in [2.05, 4.69) is 4.72 Å². The van der Waals surface area contributed by atoms with E-state index in [1.54, 1.807) is 25.1 Å². The highest BCUT2D eigenvalue weighted by atomic mass is 32.2. The van der Waals surface area contributed by atoms with Gasteiger partial charge in [0.25, 0.3) is 5.69 Å². The molecule has 1 N–H and O–H groups in total. The lowest BCUT2D eigenvalue weighted by Gasteiger charge is -2.18. The highest BCUT2D eigenvalue weighted by Gasteiger charge is 2.22. The third-order valence-electron chi connectivity index (χ3n) is 3.59. The van der Waals surface area contributed by atoms with E-state index >= 15 is 0 Å². The van der Waals surface area contributed by atoms with Crippen LogP contribution < -0.4 is 14.2 Å². The molecule has 0 bridgehead atoms. The van der Waals surface area contributed by atoms with Gasteiger partial charge in [-0.1, -0.05) is 0 Å². The molecule has 2 rings (SSSR count). The number of benzene rings is 2. The van der Waals surface area contributed by atoms with Crippen molar-refractivity contribution in [1.82, 2.24) is 4.72 Å². The lowest BCUT2D eigenvalue weighted by atomic mass is 10.1. The molecule has 134 valence electrons. The normalized spacial score (nSPS) is 12.4. The molecule has 1 atom stereocenters. The van der Waals surface area contributed by atoms with Crippen LogP contribution in [0.2, 0.25) is 0 Å². The summed E-state index contributed by atoms with van der Waals surface area (Å²) < 4.78 is 37.9. The van der Waals surface area contributed by atoms with E-state index in [0.29, 0.717) is 17.1 Å². The number of ether oxygens (including phenoxy) is 2. The van der Waals surface area contributed by atoms with Crippen LogP contribution in [-0.4, -0.2) is 27.6 Å². The van der Waals surface area contributed by atoms with Crippen molar-refractivity contribution in [3.8, 4) is 11.5 Å². The lowest BCUT2D eigenvalue weighted by molar-refractivity contribution is -0.384. The number of nitro groups is 1. The number of nitrogens with one attached hydrogen (secondary N) is 1. The first-order chi connectivity index (χ1) is 11.8. The molecule has 0 amide bonds. The van der Waals surface area contributed by atoms with Crippen LogP contribution in [-0.2, 0) is 10.0 Å². The molecule has 0 aliphatic carbocycles. The molecule has 8 nitrogen and oxygen atoms in total. The number of rotatable bonds is 7. The molecule has 0 unspecified atom stereocenters. The number of methoxy groups -OCH3 is 2. The number of non-ortho nitro benzene ring substituents is 1. The molecule has 0 aliphatic rings. The highest BCUT2D eigenvalue weighted by Crippen LogP contribution is 2.30. The van der Waals surface area contributed by atoms with E-state index in [0.717, 1.165) is 12.1 Å². The minimum absolute atomic E-state index is 0.0631. The van der Waals surface area contributed by atoms with E-state index in [9.17, 15) is 18.5 Å². The molecule has 0 saturated heterocycles. The van der Waals surface area contributed by atoms with E-state index in [1.807, 2.05) is 0 Å². The zero-order chi connectivity index (χ0) is 18.6. The van der Waals surface area contributed by atoms with E-state index in [4.69, 9.17) is 9.47 Å². The SMILES string of the molecule is COc1ccc(OC)c([C@@H](C)NS(=O)(=O)c2ccc([N+](=O)[O-])cc2)c1. The summed E-state index contributed by atoms with van der Waals surface area (Å²) in [5.74, 6) is 1.08. The van der Waals surface area contributed by atoms with Gasteiger partial charge in [-0.2, -0.15) is 0 Å². The van der Waals surface area contributed by atoms with Crippen LogP contribution >= 0.6 is 0 Å². The molecule has 0 spiro atoms. The third kappa shape index (κ3) is 4.25. The standard InChI is InChI=1S/C16H18N2O6S/c1-11(15-10-13(23-2)6-9-16(15)24-3)17-25(21,22)14-7-4-12(5-8-14)18(19)20/h4-11,17H,1-3H3/t11-/m1/s1. The lowest BCUT2D eigenvalue weighted by Crippen LogP contribution is -2.27. The van der Waals surface area contributed by atoms with E-state index < -0.39 is 21.0 Å². The summed E-state index contributed by atoms with van der Waals surface area (Å²) in [6.45, 7) is 1.67. The molecule has 0 aromatic heterocycles. The van der Waals surface area contributed by atoms with Gasteiger partial charge in [-0.3, -0.25) is 10.1 Å². The summed E-state index contributed by atoms with van der Waals surface area (Å²) in [4.78, 5) is 10.0. The van der Waals surface area contributed by atoms with Gasteiger partial charge < -0.3 is 9.47 Å². The second kappa shape index (κ2) is 7.49. The largest absolute Gasteiger partial charge is 0.497 e. The predicted molar refractivity (Wildman–Crippen MR) is 91.4 cm³/mol. The molecule has 0 aliphatic heterocycles. The van der Waals surface area contributed by atoms with Crippen molar-refractivity contribution in [2.45, 2.75) is 17.9 Å². The van der Waals surface area contributed by atoms with E-state index in [-0.39, 0.29) is 10.6 Å². The maximum absolute atomic E-state index is 12.5. The Morgan fingerprint density at radius 3 is 2.24 bits per heavy atom. The quantitative estimate of drug-likeness (QED) is 0.596. The van der Waals surface area contributed by atoms with Gasteiger partial charge in [-0.05, 0) is 37.3 Å². The molecular formula is C16H18N2O6S. The second-order valence-electron chi connectivity index (χ2n) is 5.20. The smallest absolute Gasteiger partial charge is 0.269 e. The summed E-state index contributed by atoms with van der Waals surface area (Å²) in [7, 11) is -0.863. The Hall–Kier alpha value is -2.65. The monoisotopic (exact) mass is 366 g/mol. The van der Waals surface area contributed by atoms with Gasteiger partial charge in [-0.15, -0.1) is 0 Å². The Balaban J connectivity index is 2.29. The fourth-order valence-electron chi connectivity index (χ4n) is 2.29. The number of sulfonamides is 1. The van der Waals surface area contributed by atoms with Gasteiger partial charge in [0.15, 0.2) is 0 Å². The Morgan fingerprint density at radius 2 is 1.72 bits per heavy atom. The third-order valence-corrected chi connectivity index (χ3v) is 5.15. The number of nitrogens with zero attached hydrogens (tertiary/aromatic N) is 1. The zero-order valence-electron chi connectivity index (χ0n) is 13.9. The van der Waals surface area contributed by atoms with Crippen LogP contribution in [0.15, 0.2) is 47.4 Å². The van der Waals surface area contributed by atoms with Gasteiger partial charge >= 0.3 is 0 Å². The number of nitro benzene ring substituents is 1. The Bertz CT molecular complexity index is 865. The molecule has 0 heterocycles. The fourth-order valence-corrected chi connectivity index (χ4v) is 3.51. The Morgan fingerprint density at radius 1 is 1.08 bits per heavy atom. The summed E-state index contributed by atoms with van der Waals surface area (Å²) in [6.07, 6.45) is 0. The fraction of sp³-hybridized carbons (Fsp3) is 0.250. The van der Waals surface area contributed by atoms with Crippen molar-refractivity contribution in [3.63, 3.8) is 0 Å².